The first-order valence-electron chi connectivity index (χ1n) is 14.0. The molecule has 0 bridgehead atoms. The van der Waals surface area contributed by atoms with Gasteiger partial charge in [0.05, 0.1) is 18.4 Å². The highest BCUT2D eigenvalue weighted by molar-refractivity contribution is 6.31. The fourth-order valence-electron chi connectivity index (χ4n) is 7.78. The number of benzene rings is 1. The minimum Gasteiger partial charge on any atom is -0.465 e. The number of hydrogen-bond donors (Lipinski definition) is 1. The van der Waals surface area contributed by atoms with Crippen molar-refractivity contribution in [1.29, 1.82) is 0 Å². The van der Waals surface area contributed by atoms with Gasteiger partial charge in [-0.3, -0.25) is 9.69 Å². The van der Waals surface area contributed by atoms with Crippen molar-refractivity contribution in [3.63, 3.8) is 0 Å². The number of rotatable bonds is 4. The zero-order valence-electron chi connectivity index (χ0n) is 22.8. The van der Waals surface area contributed by atoms with Crippen LogP contribution in [-0.2, 0) is 21.5 Å². The quantitative estimate of drug-likeness (QED) is 0.239. The van der Waals surface area contributed by atoms with Gasteiger partial charge in [-0.2, -0.15) is 0 Å². The molecule has 3 aromatic heterocycles. The summed E-state index contributed by atoms with van der Waals surface area (Å²) in [6.07, 6.45) is 6.19. The van der Waals surface area contributed by atoms with Crippen molar-refractivity contribution in [1.82, 2.24) is 19.3 Å². The first-order chi connectivity index (χ1) is 20.2. The van der Waals surface area contributed by atoms with Gasteiger partial charge in [-0.1, -0.05) is 29.3 Å². The monoisotopic (exact) mass is 605 g/mol. The van der Waals surface area contributed by atoms with Gasteiger partial charge < -0.3 is 14.5 Å². The predicted molar refractivity (Wildman–Crippen MR) is 155 cm³/mol. The van der Waals surface area contributed by atoms with Crippen LogP contribution >= 0.6 is 23.2 Å². The van der Waals surface area contributed by atoms with Crippen molar-refractivity contribution >= 4 is 46.4 Å². The number of nitrogens with zero attached hydrogens (tertiary/aromatic N) is 4. The molecule has 2 fully saturated rings. The van der Waals surface area contributed by atoms with E-state index < -0.39 is 23.2 Å². The number of amides is 1. The van der Waals surface area contributed by atoms with E-state index in [0.717, 1.165) is 35.4 Å². The lowest BCUT2D eigenvalue weighted by atomic mass is 9.71. The molecule has 214 valence electrons. The summed E-state index contributed by atoms with van der Waals surface area (Å²) in [6, 6.07) is 8.68. The van der Waals surface area contributed by atoms with Crippen molar-refractivity contribution < 1.29 is 18.7 Å². The maximum atomic E-state index is 16.1. The molecule has 1 aromatic carbocycles. The zero-order chi connectivity index (χ0) is 29.1. The Bertz CT molecular complexity index is 1860. The van der Waals surface area contributed by atoms with Gasteiger partial charge in [0.15, 0.2) is 11.0 Å². The summed E-state index contributed by atoms with van der Waals surface area (Å²) in [5.74, 6) is -1.81. The molecule has 42 heavy (non-hydrogen) atoms. The molecule has 1 N–H and O–H groups in total. The summed E-state index contributed by atoms with van der Waals surface area (Å²) < 4.78 is 23.1. The van der Waals surface area contributed by atoms with E-state index >= 15 is 4.39 Å². The number of fused-ring (bicyclic) bond motifs is 7. The third-order valence-corrected chi connectivity index (χ3v) is 10.1. The molecule has 2 aliphatic carbocycles. The average Bonchev–Trinajstić information content (AvgIpc) is 3.43. The second kappa shape index (κ2) is 8.99. The predicted octanol–water partition coefficient (Wildman–Crippen LogP) is 5.64. The number of carbonyl (C=O) groups is 2. The van der Waals surface area contributed by atoms with Crippen molar-refractivity contribution in [3.8, 4) is 0 Å². The molecule has 11 heteroatoms. The standard InChI is InChI=1S/C31H26Cl2FN5O3/c1-14-12-38-22-11-21-24(27(22)37-23(38)10-18(14)29(40)42-2)25(17-7-8-35-28(33)26(17)34)31(39(21)13-15-3-4-15)19-6-5-16(32)9-20(19)36-30(31)41/h5-10,12,15,21,24-25H,3-4,11,13H2,1-2H3,(H,36,41)/t21?,24-,25+,31-/m1/s1. The smallest absolute Gasteiger partial charge is 0.338 e. The lowest BCUT2D eigenvalue weighted by Gasteiger charge is -2.40. The molecule has 5 heterocycles. The van der Waals surface area contributed by atoms with Crippen LogP contribution in [0.2, 0.25) is 10.2 Å². The molecule has 2 aliphatic heterocycles. The van der Waals surface area contributed by atoms with Crippen molar-refractivity contribution in [2.24, 2.45) is 5.92 Å². The van der Waals surface area contributed by atoms with E-state index in [9.17, 15) is 9.59 Å². The van der Waals surface area contributed by atoms with Crippen LogP contribution in [0.5, 0.6) is 0 Å². The fraction of sp³-hybridized carbons (Fsp3) is 0.355. The maximum absolute atomic E-state index is 16.1. The Morgan fingerprint density at radius 1 is 1.24 bits per heavy atom. The van der Waals surface area contributed by atoms with Gasteiger partial charge in [-0.25, -0.2) is 19.2 Å². The number of likely N-dealkylation sites (tertiary alicyclic amines) is 1. The molecule has 1 spiro atoms. The first kappa shape index (κ1) is 26.1. The molecule has 0 radical (unpaired) electrons. The minimum atomic E-state index is -1.20. The van der Waals surface area contributed by atoms with Crippen LogP contribution in [0.1, 0.15) is 63.1 Å². The Labute approximate surface area is 250 Å². The number of aromatic nitrogens is 3. The molecular weight excluding hydrogens is 580 g/mol. The fourth-order valence-corrected chi connectivity index (χ4v) is 8.12. The first-order valence-corrected chi connectivity index (χ1v) is 14.8. The number of anilines is 1. The van der Waals surface area contributed by atoms with Crippen LogP contribution < -0.4 is 5.32 Å². The topological polar surface area (TPSA) is 88.8 Å². The molecule has 4 aliphatic rings. The Morgan fingerprint density at radius 2 is 2.05 bits per heavy atom. The number of nitrogens with one attached hydrogen (secondary N) is 1. The number of aryl methyl sites for hydroxylation is 1. The second-order valence-electron chi connectivity index (χ2n) is 11.8. The van der Waals surface area contributed by atoms with Gasteiger partial charge in [0.25, 0.3) is 0 Å². The number of pyridine rings is 2. The third kappa shape index (κ3) is 3.38. The second-order valence-corrected chi connectivity index (χ2v) is 12.6. The van der Waals surface area contributed by atoms with E-state index in [1.165, 1.54) is 13.3 Å². The normalized spacial score (nSPS) is 26.0. The van der Waals surface area contributed by atoms with Gasteiger partial charge in [0.1, 0.15) is 11.2 Å². The Morgan fingerprint density at radius 3 is 2.81 bits per heavy atom. The number of ether oxygens (including phenoxy) is 1. The van der Waals surface area contributed by atoms with Gasteiger partial charge in [0, 0.05) is 65.2 Å². The largest absolute Gasteiger partial charge is 0.465 e. The van der Waals surface area contributed by atoms with Crippen molar-refractivity contribution in [3.05, 3.63) is 92.4 Å². The molecule has 4 atom stereocenters. The van der Waals surface area contributed by atoms with E-state index in [-0.39, 0.29) is 23.0 Å². The van der Waals surface area contributed by atoms with Gasteiger partial charge in [0.2, 0.25) is 5.91 Å². The summed E-state index contributed by atoms with van der Waals surface area (Å²) >= 11 is 12.6. The van der Waals surface area contributed by atoms with Gasteiger partial charge >= 0.3 is 5.97 Å². The molecule has 8 nitrogen and oxygen atoms in total. The van der Waals surface area contributed by atoms with E-state index in [0.29, 0.717) is 46.4 Å². The number of imidazole rings is 1. The SMILES string of the molecule is COC(=O)c1cc2nc3c(n2cc1C)CC1[C@@H]3[C@H](c2ccnc(Cl)c2F)[C@]2(C(=O)Nc3cc(Cl)ccc32)N1CC1CC1. The van der Waals surface area contributed by atoms with Crippen LogP contribution in [0, 0.1) is 18.7 Å². The van der Waals surface area contributed by atoms with E-state index in [4.69, 9.17) is 32.9 Å². The van der Waals surface area contributed by atoms with E-state index in [2.05, 4.69) is 15.2 Å². The molecule has 4 aromatic rings. The minimum absolute atomic E-state index is 0.121. The lowest BCUT2D eigenvalue weighted by molar-refractivity contribution is -0.128. The van der Waals surface area contributed by atoms with Crippen LogP contribution in [0.25, 0.3) is 5.65 Å². The highest BCUT2D eigenvalue weighted by Crippen LogP contribution is 2.65. The van der Waals surface area contributed by atoms with Crippen LogP contribution in [0.3, 0.4) is 0 Å². The molecular formula is C31H26Cl2FN5O3. The molecule has 1 saturated carbocycles. The number of esters is 1. The van der Waals surface area contributed by atoms with Crippen LogP contribution in [0.15, 0.2) is 42.7 Å². The number of methoxy groups -OCH3 is 1. The molecule has 1 unspecified atom stereocenters. The van der Waals surface area contributed by atoms with E-state index in [1.54, 1.807) is 24.3 Å². The zero-order valence-corrected chi connectivity index (χ0v) is 24.3. The number of halogens is 3. The van der Waals surface area contributed by atoms with Crippen LogP contribution in [0.4, 0.5) is 10.1 Å². The lowest BCUT2D eigenvalue weighted by Crippen LogP contribution is -2.53. The summed E-state index contributed by atoms with van der Waals surface area (Å²) in [5, 5.41) is 3.36. The Balaban J connectivity index is 1.41. The summed E-state index contributed by atoms with van der Waals surface area (Å²) in [4.78, 5) is 38.2. The molecule has 8 rings (SSSR count). The third-order valence-electron chi connectivity index (χ3n) is 9.64. The van der Waals surface area contributed by atoms with Crippen molar-refractivity contribution in [2.75, 3.05) is 19.0 Å². The highest BCUT2D eigenvalue weighted by atomic mass is 35.5. The highest BCUT2D eigenvalue weighted by Gasteiger charge is 2.69. The van der Waals surface area contributed by atoms with Crippen molar-refractivity contribution in [2.45, 2.75) is 49.6 Å². The number of carbonyl (C=O) groups excluding carboxylic acids is 2. The Hall–Kier alpha value is -3.53. The summed E-state index contributed by atoms with van der Waals surface area (Å²) in [5.41, 5.74) is 4.14. The van der Waals surface area contributed by atoms with Crippen LogP contribution in [-0.4, -0.2) is 50.8 Å². The Kier molecular flexibility index (Phi) is 5.59. The number of hydrogen-bond acceptors (Lipinski definition) is 6. The van der Waals surface area contributed by atoms with E-state index in [1.807, 2.05) is 23.6 Å². The summed E-state index contributed by atoms with van der Waals surface area (Å²) in [6.45, 7) is 2.57. The molecule has 1 saturated heterocycles. The molecule has 1 amide bonds. The summed E-state index contributed by atoms with van der Waals surface area (Å²) in [7, 11) is 1.35. The van der Waals surface area contributed by atoms with Gasteiger partial charge in [-0.05, 0) is 61.1 Å². The average molecular weight is 606 g/mol. The van der Waals surface area contributed by atoms with Gasteiger partial charge in [-0.15, -0.1) is 0 Å². The maximum Gasteiger partial charge on any atom is 0.338 e.